The second-order valence-electron chi connectivity index (χ2n) is 8.15. The molecule has 3 aliphatic rings. The fourth-order valence-electron chi connectivity index (χ4n) is 4.45. The number of likely N-dealkylation sites (tertiary alicyclic amines) is 2. The first kappa shape index (κ1) is 17.0. The Morgan fingerprint density at radius 1 is 1.21 bits per heavy atom. The first-order valence-corrected chi connectivity index (χ1v) is 10.5. The fourth-order valence-corrected chi connectivity index (χ4v) is 5.27. The number of aromatic nitrogens is 1. The van der Waals surface area contributed by atoms with Crippen LogP contribution in [-0.2, 0) is 11.3 Å². The van der Waals surface area contributed by atoms with Gasteiger partial charge < -0.3 is 4.74 Å². The van der Waals surface area contributed by atoms with E-state index in [9.17, 15) is 0 Å². The Morgan fingerprint density at radius 2 is 2.00 bits per heavy atom. The van der Waals surface area contributed by atoms with Gasteiger partial charge in [-0.05, 0) is 58.4 Å². The predicted octanol–water partition coefficient (Wildman–Crippen LogP) is 3.31. The predicted molar refractivity (Wildman–Crippen MR) is 98.4 cm³/mol. The summed E-state index contributed by atoms with van der Waals surface area (Å²) >= 11 is 1.80. The Bertz CT molecular complexity index is 549. The first-order chi connectivity index (χ1) is 11.7. The summed E-state index contributed by atoms with van der Waals surface area (Å²) in [5, 5.41) is 0. The highest BCUT2D eigenvalue weighted by Gasteiger charge is 2.45. The monoisotopic (exact) mass is 349 g/mol. The lowest BCUT2D eigenvalue weighted by Gasteiger charge is -2.45. The van der Waals surface area contributed by atoms with Crippen molar-refractivity contribution in [2.24, 2.45) is 5.92 Å². The lowest BCUT2D eigenvalue weighted by Crippen LogP contribution is -2.52. The molecule has 4 rings (SSSR count). The molecule has 1 aliphatic carbocycles. The van der Waals surface area contributed by atoms with Crippen molar-refractivity contribution in [3.05, 3.63) is 16.1 Å². The van der Waals surface area contributed by atoms with Crippen LogP contribution >= 0.6 is 11.3 Å². The van der Waals surface area contributed by atoms with Gasteiger partial charge in [0.1, 0.15) is 0 Å². The van der Waals surface area contributed by atoms with Gasteiger partial charge in [0.25, 0.3) is 0 Å². The number of nitrogens with zero attached hydrogens (tertiary/aromatic N) is 3. The molecule has 1 spiro atoms. The highest BCUT2D eigenvalue weighted by molar-refractivity contribution is 7.09. The van der Waals surface area contributed by atoms with Gasteiger partial charge in [-0.2, -0.15) is 0 Å². The van der Waals surface area contributed by atoms with Crippen molar-refractivity contribution in [2.45, 2.75) is 63.6 Å². The Kier molecular flexibility index (Phi) is 4.96. The largest absolute Gasteiger partial charge is 0.380 e. The van der Waals surface area contributed by atoms with Gasteiger partial charge in [-0.15, -0.1) is 11.3 Å². The zero-order valence-corrected chi connectivity index (χ0v) is 16.0. The summed E-state index contributed by atoms with van der Waals surface area (Å²) in [6.07, 6.45) is 8.06. The molecule has 4 nitrogen and oxygen atoms in total. The van der Waals surface area contributed by atoms with Crippen LogP contribution in [0.5, 0.6) is 0 Å². The molecular formula is C19H31N3OS. The molecule has 3 fully saturated rings. The molecule has 0 bridgehead atoms. The number of thiazole rings is 1. The second kappa shape index (κ2) is 7.02. The van der Waals surface area contributed by atoms with Gasteiger partial charge in [0.05, 0.1) is 17.8 Å². The van der Waals surface area contributed by atoms with Gasteiger partial charge >= 0.3 is 0 Å². The topological polar surface area (TPSA) is 28.6 Å². The van der Waals surface area contributed by atoms with Crippen LogP contribution in [0, 0.1) is 12.8 Å². The zero-order chi connectivity index (χ0) is 16.6. The molecule has 0 N–H and O–H groups in total. The van der Waals surface area contributed by atoms with E-state index in [-0.39, 0.29) is 0 Å². The van der Waals surface area contributed by atoms with Crippen LogP contribution in [0.25, 0.3) is 0 Å². The molecule has 0 aromatic carbocycles. The average Bonchev–Trinajstić information content (AvgIpc) is 3.26. The Labute approximate surface area is 150 Å². The van der Waals surface area contributed by atoms with Gasteiger partial charge in [-0.1, -0.05) is 0 Å². The summed E-state index contributed by atoms with van der Waals surface area (Å²) in [6, 6.07) is 0.638. The van der Waals surface area contributed by atoms with Crippen molar-refractivity contribution in [2.75, 3.05) is 33.4 Å². The molecule has 1 saturated carbocycles. The van der Waals surface area contributed by atoms with E-state index in [0.29, 0.717) is 11.6 Å². The molecule has 1 aromatic rings. The molecule has 2 aliphatic heterocycles. The van der Waals surface area contributed by atoms with Gasteiger partial charge in [0.2, 0.25) is 0 Å². The lowest BCUT2D eigenvalue weighted by molar-refractivity contribution is 0.0163. The minimum absolute atomic E-state index is 0.437. The standard InChI is InChI=1S/C19H31N3OS/c1-15-18(24-14-20-15)11-22-9-7-19(8-10-22)6-5-17(21(19)2)13-23-12-16-3-4-16/h14,16-17H,3-13H2,1-2H3. The SMILES string of the molecule is Cc1ncsc1CN1CCC2(CCC(COCC3CC3)N2C)CC1. The van der Waals surface area contributed by atoms with Crippen LogP contribution in [0.15, 0.2) is 5.51 Å². The van der Waals surface area contributed by atoms with E-state index in [0.717, 1.165) is 25.7 Å². The van der Waals surface area contributed by atoms with Crippen LogP contribution in [0.4, 0.5) is 0 Å². The molecule has 0 radical (unpaired) electrons. The molecular weight excluding hydrogens is 318 g/mol. The van der Waals surface area contributed by atoms with Crippen molar-refractivity contribution in [3.8, 4) is 0 Å². The maximum absolute atomic E-state index is 5.99. The summed E-state index contributed by atoms with van der Waals surface area (Å²) in [6.45, 7) is 7.60. The molecule has 1 atom stereocenters. The van der Waals surface area contributed by atoms with Crippen molar-refractivity contribution in [1.82, 2.24) is 14.8 Å². The van der Waals surface area contributed by atoms with Crippen LogP contribution in [-0.4, -0.2) is 59.7 Å². The third-order valence-corrected chi connectivity index (χ3v) is 7.52. The number of rotatable bonds is 6. The van der Waals surface area contributed by atoms with E-state index in [1.165, 1.54) is 62.2 Å². The van der Waals surface area contributed by atoms with Gasteiger partial charge in [-0.3, -0.25) is 9.80 Å². The van der Waals surface area contributed by atoms with Gasteiger partial charge in [0.15, 0.2) is 0 Å². The summed E-state index contributed by atoms with van der Waals surface area (Å²) in [5.41, 5.74) is 3.63. The molecule has 1 aromatic heterocycles. The molecule has 134 valence electrons. The summed E-state index contributed by atoms with van der Waals surface area (Å²) in [7, 11) is 2.35. The Morgan fingerprint density at radius 3 is 2.67 bits per heavy atom. The first-order valence-electron chi connectivity index (χ1n) is 9.58. The van der Waals surface area contributed by atoms with Crippen LogP contribution in [0.2, 0.25) is 0 Å². The molecule has 2 saturated heterocycles. The van der Waals surface area contributed by atoms with E-state index < -0.39 is 0 Å². The maximum Gasteiger partial charge on any atom is 0.0798 e. The summed E-state index contributed by atoms with van der Waals surface area (Å²) in [5.74, 6) is 0.879. The third kappa shape index (κ3) is 3.55. The smallest absolute Gasteiger partial charge is 0.0798 e. The van der Waals surface area contributed by atoms with Crippen molar-refractivity contribution in [1.29, 1.82) is 0 Å². The normalized spacial score (nSPS) is 28.0. The van der Waals surface area contributed by atoms with Crippen LogP contribution < -0.4 is 0 Å². The number of likely N-dealkylation sites (N-methyl/N-ethyl adjacent to an activating group) is 1. The van der Waals surface area contributed by atoms with Gasteiger partial charge in [-0.25, -0.2) is 4.98 Å². The highest BCUT2D eigenvalue weighted by Crippen LogP contribution is 2.41. The number of aryl methyl sites for hydroxylation is 1. The highest BCUT2D eigenvalue weighted by atomic mass is 32.1. The van der Waals surface area contributed by atoms with E-state index in [1.54, 1.807) is 11.3 Å². The number of hydrogen-bond donors (Lipinski definition) is 0. The molecule has 5 heteroatoms. The Hall–Kier alpha value is -0.490. The summed E-state index contributed by atoms with van der Waals surface area (Å²) < 4.78 is 5.99. The zero-order valence-electron chi connectivity index (χ0n) is 15.2. The maximum atomic E-state index is 5.99. The molecule has 0 amide bonds. The fraction of sp³-hybridized carbons (Fsp3) is 0.842. The van der Waals surface area contributed by atoms with E-state index in [2.05, 4.69) is 28.8 Å². The molecule has 24 heavy (non-hydrogen) atoms. The molecule has 3 heterocycles. The van der Waals surface area contributed by atoms with Crippen LogP contribution in [0.3, 0.4) is 0 Å². The minimum Gasteiger partial charge on any atom is -0.380 e. The molecule has 1 unspecified atom stereocenters. The van der Waals surface area contributed by atoms with Crippen molar-refractivity contribution in [3.63, 3.8) is 0 Å². The van der Waals surface area contributed by atoms with Crippen molar-refractivity contribution < 1.29 is 4.74 Å². The number of hydrogen-bond acceptors (Lipinski definition) is 5. The van der Waals surface area contributed by atoms with Gasteiger partial charge in [0, 0.05) is 42.7 Å². The second-order valence-corrected chi connectivity index (χ2v) is 9.08. The minimum atomic E-state index is 0.437. The van der Waals surface area contributed by atoms with Crippen molar-refractivity contribution >= 4 is 11.3 Å². The third-order valence-electron chi connectivity index (χ3n) is 6.60. The number of piperidine rings is 1. The average molecular weight is 350 g/mol. The summed E-state index contributed by atoms with van der Waals surface area (Å²) in [4.78, 5) is 11.1. The Balaban J connectivity index is 1.27. The quantitative estimate of drug-likeness (QED) is 0.788. The van der Waals surface area contributed by atoms with Crippen LogP contribution in [0.1, 0.15) is 49.1 Å². The van der Waals surface area contributed by atoms with E-state index in [1.807, 2.05) is 5.51 Å². The lowest BCUT2D eigenvalue weighted by atomic mass is 9.85. The number of ether oxygens (including phenoxy) is 1. The van der Waals surface area contributed by atoms with E-state index >= 15 is 0 Å². The van der Waals surface area contributed by atoms with E-state index in [4.69, 9.17) is 4.74 Å².